The molecule has 6 nitrogen and oxygen atoms in total. The van der Waals surface area contributed by atoms with Gasteiger partial charge in [0.25, 0.3) is 0 Å². The minimum atomic E-state index is -2.36. The van der Waals surface area contributed by atoms with E-state index in [1.165, 1.54) is 104 Å². The summed E-state index contributed by atoms with van der Waals surface area (Å²) in [6.45, 7) is 15.8. The lowest BCUT2D eigenvalue weighted by Crippen LogP contribution is -2.48. The van der Waals surface area contributed by atoms with Gasteiger partial charge in [0.2, 0.25) is 0 Å². The summed E-state index contributed by atoms with van der Waals surface area (Å²) in [7, 11) is 2.75. The molecule has 0 bridgehead atoms. The zero-order valence-electron chi connectivity index (χ0n) is 20.8. The maximum Gasteiger partial charge on any atom is 0.500 e. The summed E-state index contributed by atoms with van der Waals surface area (Å²) in [5.74, 6) is 0. The van der Waals surface area contributed by atoms with E-state index in [0.717, 1.165) is 12.5 Å². The lowest BCUT2D eigenvalue weighted by Gasteiger charge is -2.35. The molecular weight excluding hydrogens is 394 g/mol. The van der Waals surface area contributed by atoms with E-state index in [9.17, 15) is 0 Å². The lowest BCUT2D eigenvalue weighted by atomic mass is 10.1. The molecule has 1 saturated heterocycles. The van der Waals surface area contributed by atoms with Crippen molar-refractivity contribution in [2.24, 2.45) is 0 Å². The Morgan fingerprint density at radius 1 is 0.633 bits per heavy atom. The first-order chi connectivity index (χ1) is 14.6. The van der Waals surface area contributed by atoms with Gasteiger partial charge in [-0.2, -0.15) is 0 Å². The molecule has 0 aromatic heterocycles. The third-order valence-electron chi connectivity index (χ3n) is 6.42. The van der Waals surface area contributed by atoms with Crippen molar-refractivity contribution in [3.63, 3.8) is 0 Å². The number of rotatable bonds is 19. The fourth-order valence-corrected chi connectivity index (χ4v) is 6.22. The van der Waals surface area contributed by atoms with Crippen LogP contribution >= 0.6 is 0 Å². The van der Waals surface area contributed by atoms with E-state index in [-0.39, 0.29) is 0 Å². The number of unbranched alkanes of at least 4 members (excludes halogenated alkanes) is 5. The van der Waals surface area contributed by atoms with Crippen molar-refractivity contribution < 1.29 is 13.3 Å². The van der Waals surface area contributed by atoms with Gasteiger partial charge in [0.15, 0.2) is 0 Å². The highest BCUT2D eigenvalue weighted by molar-refractivity contribution is 6.60. The SMILES string of the molecule is CCCN(CCC)CCN1CCN(CCCCCCCC[Si](OC)(OC)OC)CC1. The molecule has 1 aliphatic rings. The number of nitrogens with zero attached hydrogens (tertiary/aromatic N) is 3. The molecule has 0 spiro atoms. The van der Waals surface area contributed by atoms with Crippen molar-refractivity contribution in [3.8, 4) is 0 Å². The average Bonchev–Trinajstić information content (AvgIpc) is 2.78. The Morgan fingerprint density at radius 2 is 1.10 bits per heavy atom. The quantitative estimate of drug-likeness (QED) is 0.221. The van der Waals surface area contributed by atoms with Crippen LogP contribution < -0.4 is 0 Å². The van der Waals surface area contributed by atoms with Gasteiger partial charge < -0.3 is 23.1 Å². The molecule has 1 rings (SSSR count). The molecule has 0 saturated carbocycles. The van der Waals surface area contributed by atoms with Gasteiger partial charge in [-0.25, -0.2) is 0 Å². The third-order valence-corrected chi connectivity index (χ3v) is 9.25. The summed E-state index contributed by atoms with van der Waals surface area (Å²) < 4.78 is 16.5. The van der Waals surface area contributed by atoms with Crippen LogP contribution in [0.25, 0.3) is 0 Å². The molecule has 0 radical (unpaired) electrons. The van der Waals surface area contributed by atoms with Gasteiger partial charge in [0.1, 0.15) is 0 Å². The molecule has 0 N–H and O–H groups in total. The van der Waals surface area contributed by atoms with E-state index < -0.39 is 8.80 Å². The highest BCUT2D eigenvalue weighted by Crippen LogP contribution is 2.18. The Hall–Kier alpha value is -0.0231. The van der Waals surface area contributed by atoms with Crippen LogP contribution in [-0.4, -0.2) is 104 Å². The zero-order valence-corrected chi connectivity index (χ0v) is 21.8. The van der Waals surface area contributed by atoms with E-state index in [0.29, 0.717) is 0 Å². The Kier molecular flexibility index (Phi) is 16.4. The number of hydrogen-bond donors (Lipinski definition) is 0. The smallest absolute Gasteiger partial charge is 0.377 e. The molecular formula is C23H51N3O3Si. The summed E-state index contributed by atoms with van der Waals surface area (Å²) >= 11 is 0. The largest absolute Gasteiger partial charge is 0.500 e. The molecule has 1 heterocycles. The summed E-state index contributed by atoms with van der Waals surface area (Å²) in [6.07, 6.45) is 10.3. The topological polar surface area (TPSA) is 37.4 Å². The minimum Gasteiger partial charge on any atom is -0.377 e. The van der Waals surface area contributed by atoms with Crippen LogP contribution in [0.5, 0.6) is 0 Å². The van der Waals surface area contributed by atoms with Crippen molar-refractivity contribution in [1.82, 2.24) is 14.7 Å². The first-order valence-corrected chi connectivity index (χ1v) is 14.4. The molecule has 0 atom stereocenters. The fraction of sp³-hybridized carbons (Fsp3) is 1.00. The zero-order chi connectivity index (χ0) is 22.1. The molecule has 1 aliphatic heterocycles. The second-order valence-electron chi connectivity index (χ2n) is 8.69. The van der Waals surface area contributed by atoms with Crippen molar-refractivity contribution in [2.45, 2.75) is 71.3 Å². The average molecular weight is 446 g/mol. The molecule has 0 aromatic carbocycles. The molecule has 30 heavy (non-hydrogen) atoms. The maximum absolute atomic E-state index is 5.49. The highest BCUT2D eigenvalue weighted by Gasteiger charge is 2.36. The van der Waals surface area contributed by atoms with Gasteiger partial charge in [-0.1, -0.05) is 39.5 Å². The standard InChI is InChI=1S/C23H51N3O3Si/c1-6-14-24(15-7-2)17-20-26-21-18-25(19-22-26)16-12-10-8-9-11-13-23-30(27-3,28-4)29-5/h6-23H2,1-5H3. The van der Waals surface area contributed by atoms with Crippen LogP contribution in [0, 0.1) is 0 Å². The van der Waals surface area contributed by atoms with E-state index >= 15 is 0 Å². The summed E-state index contributed by atoms with van der Waals surface area (Å²) in [6, 6.07) is 0.926. The van der Waals surface area contributed by atoms with Gasteiger partial charge in [-0.05, 0) is 45.3 Å². The Morgan fingerprint density at radius 3 is 1.60 bits per heavy atom. The van der Waals surface area contributed by atoms with Crippen LogP contribution in [0.3, 0.4) is 0 Å². The van der Waals surface area contributed by atoms with Gasteiger partial charge in [0, 0.05) is 66.6 Å². The summed E-state index contributed by atoms with van der Waals surface area (Å²) in [5.41, 5.74) is 0. The van der Waals surface area contributed by atoms with E-state index in [2.05, 4.69) is 28.5 Å². The predicted octanol–water partition coefficient (Wildman–Crippen LogP) is 3.94. The molecule has 0 aliphatic carbocycles. The van der Waals surface area contributed by atoms with E-state index in [4.69, 9.17) is 13.3 Å². The lowest BCUT2D eigenvalue weighted by molar-refractivity contribution is 0.117. The van der Waals surface area contributed by atoms with Gasteiger partial charge in [-0.3, -0.25) is 4.90 Å². The van der Waals surface area contributed by atoms with Gasteiger partial charge in [0.05, 0.1) is 0 Å². The van der Waals surface area contributed by atoms with Crippen molar-refractivity contribution in [2.75, 3.05) is 80.2 Å². The van der Waals surface area contributed by atoms with Crippen LogP contribution in [-0.2, 0) is 13.3 Å². The minimum absolute atomic E-state index is 0.926. The van der Waals surface area contributed by atoms with E-state index in [1.807, 2.05) is 0 Å². The maximum atomic E-state index is 5.49. The Labute approximate surface area is 188 Å². The van der Waals surface area contributed by atoms with Gasteiger partial charge >= 0.3 is 8.80 Å². The number of hydrogen-bond acceptors (Lipinski definition) is 6. The molecule has 180 valence electrons. The molecule has 0 aromatic rings. The van der Waals surface area contributed by atoms with Crippen LogP contribution in [0.1, 0.15) is 65.2 Å². The second kappa shape index (κ2) is 17.5. The van der Waals surface area contributed by atoms with Crippen LogP contribution in [0.2, 0.25) is 6.04 Å². The number of piperazine rings is 1. The first kappa shape index (κ1) is 28.0. The summed E-state index contributed by atoms with van der Waals surface area (Å²) in [4.78, 5) is 7.97. The third kappa shape index (κ3) is 11.6. The molecule has 0 unspecified atom stereocenters. The fourth-order valence-electron chi connectivity index (χ4n) is 4.43. The van der Waals surface area contributed by atoms with Crippen LogP contribution in [0.15, 0.2) is 0 Å². The van der Waals surface area contributed by atoms with Crippen molar-refractivity contribution in [1.29, 1.82) is 0 Å². The molecule has 0 amide bonds. The Balaban J connectivity index is 2.01. The Bertz CT molecular complexity index is 378. The van der Waals surface area contributed by atoms with Crippen molar-refractivity contribution >= 4 is 8.80 Å². The first-order valence-electron chi connectivity index (χ1n) is 12.5. The highest BCUT2D eigenvalue weighted by atomic mass is 28.4. The van der Waals surface area contributed by atoms with Crippen molar-refractivity contribution in [3.05, 3.63) is 0 Å². The molecule has 1 fully saturated rings. The predicted molar refractivity (Wildman–Crippen MR) is 129 cm³/mol. The summed E-state index contributed by atoms with van der Waals surface area (Å²) in [5, 5.41) is 0. The van der Waals surface area contributed by atoms with E-state index in [1.54, 1.807) is 21.3 Å². The normalized spacial score (nSPS) is 16.6. The van der Waals surface area contributed by atoms with Gasteiger partial charge in [-0.15, -0.1) is 0 Å². The van der Waals surface area contributed by atoms with Crippen LogP contribution in [0.4, 0.5) is 0 Å². The monoisotopic (exact) mass is 445 g/mol. The second-order valence-corrected chi connectivity index (χ2v) is 11.8. The molecule has 7 heteroatoms.